The number of alkyl halides is 3. The van der Waals surface area contributed by atoms with Crippen LogP contribution in [0.1, 0.15) is 11.4 Å². The van der Waals surface area contributed by atoms with Gasteiger partial charge in [-0.05, 0) is 36.4 Å². The molecule has 0 aliphatic rings. The molecular weight excluding hydrogens is 431 g/mol. The molecule has 0 aliphatic carbocycles. The summed E-state index contributed by atoms with van der Waals surface area (Å²) < 4.78 is 46.0. The van der Waals surface area contributed by atoms with E-state index in [0.717, 1.165) is 29.3 Å². The van der Waals surface area contributed by atoms with Gasteiger partial charge in [-0.25, -0.2) is 0 Å². The standard InChI is InChI=1S/C20H20F3N5O2S/c1-28-17(11-24-13-7-9-14(30-2)10-8-13)26-27-19(28)31-12-18(29)25-16-6-4-3-5-15(16)20(21,22)23/h3-10,24H,11-12H2,1-2H3,(H,25,29). The minimum absolute atomic E-state index is 0.107. The van der Waals surface area contributed by atoms with Crippen molar-refractivity contribution in [2.45, 2.75) is 17.9 Å². The SMILES string of the molecule is COc1ccc(NCc2nnc(SCC(=O)Nc3ccccc3C(F)(F)F)n2C)cc1. The molecule has 0 radical (unpaired) electrons. The number of rotatable bonds is 8. The van der Waals surface area contributed by atoms with Crippen LogP contribution in [0.3, 0.4) is 0 Å². The minimum Gasteiger partial charge on any atom is -0.497 e. The zero-order valence-corrected chi connectivity index (χ0v) is 17.5. The fourth-order valence-corrected chi connectivity index (χ4v) is 3.40. The van der Waals surface area contributed by atoms with Gasteiger partial charge in [0.2, 0.25) is 5.91 Å². The molecule has 11 heteroatoms. The number of carbonyl (C=O) groups is 1. The Morgan fingerprint density at radius 1 is 1.13 bits per heavy atom. The highest BCUT2D eigenvalue weighted by Gasteiger charge is 2.33. The van der Waals surface area contributed by atoms with Crippen molar-refractivity contribution >= 4 is 29.0 Å². The van der Waals surface area contributed by atoms with Crippen molar-refractivity contribution in [2.24, 2.45) is 7.05 Å². The predicted octanol–water partition coefficient (Wildman–Crippen LogP) is 4.19. The van der Waals surface area contributed by atoms with Crippen LogP contribution in [0.25, 0.3) is 0 Å². The third-order valence-electron chi connectivity index (χ3n) is 4.30. The van der Waals surface area contributed by atoms with E-state index in [9.17, 15) is 18.0 Å². The Balaban J connectivity index is 1.55. The van der Waals surface area contributed by atoms with Crippen molar-refractivity contribution in [3.05, 3.63) is 59.9 Å². The molecule has 164 valence electrons. The average molecular weight is 451 g/mol. The van der Waals surface area contributed by atoms with Crippen LogP contribution < -0.4 is 15.4 Å². The molecule has 0 spiro atoms. The normalized spacial score (nSPS) is 11.3. The largest absolute Gasteiger partial charge is 0.497 e. The molecule has 0 fully saturated rings. The number of nitrogens with zero attached hydrogens (tertiary/aromatic N) is 3. The maximum absolute atomic E-state index is 13.0. The van der Waals surface area contributed by atoms with E-state index in [2.05, 4.69) is 20.8 Å². The van der Waals surface area contributed by atoms with E-state index in [1.807, 2.05) is 24.3 Å². The molecule has 0 bridgehead atoms. The number of carbonyl (C=O) groups excluding carboxylic acids is 1. The number of aromatic nitrogens is 3. The van der Waals surface area contributed by atoms with Crippen LogP contribution in [-0.4, -0.2) is 33.5 Å². The van der Waals surface area contributed by atoms with Gasteiger partial charge in [-0.3, -0.25) is 4.79 Å². The van der Waals surface area contributed by atoms with Gasteiger partial charge in [-0.1, -0.05) is 23.9 Å². The van der Waals surface area contributed by atoms with E-state index in [1.54, 1.807) is 18.7 Å². The lowest BCUT2D eigenvalue weighted by atomic mass is 10.1. The zero-order valence-electron chi connectivity index (χ0n) is 16.7. The molecule has 7 nitrogen and oxygen atoms in total. The summed E-state index contributed by atoms with van der Waals surface area (Å²) in [5, 5.41) is 14.1. The van der Waals surface area contributed by atoms with E-state index in [-0.39, 0.29) is 11.4 Å². The van der Waals surface area contributed by atoms with Crippen LogP contribution in [0.2, 0.25) is 0 Å². The average Bonchev–Trinajstić information content (AvgIpc) is 3.10. The molecule has 0 saturated heterocycles. The number of hydrogen-bond acceptors (Lipinski definition) is 6. The second kappa shape index (κ2) is 9.73. The van der Waals surface area contributed by atoms with Gasteiger partial charge in [-0.15, -0.1) is 10.2 Å². The summed E-state index contributed by atoms with van der Waals surface area (Å²) in [4.78, 5) is 12.2. The molecule has 1 heterocycles. The monoisotopic (exact) mass is 451 g/mol. The van der Waals surface area contributed by atoms with E-state index in [4.69, 9.17) is 4.74 Å². The fraction of sp³-hybridized carbons (Fsp3) is 0.250. The van der Waals surface area contributed by atoms with Gasteiger partial charge in [0.15, 0.2) is 11.0 Å². The van der Waals surface area contributed by atoms with E-state index >= 15 is 0 Å². The van der Waals surface area contributed by atoms with E-state index in [0.29, 0.717) is 17.5 Å². The molecule has 0 atom stereocenters. The third kappa shape index (κ3) is 5.91. The fourth-order valence-electron chi connectivity index (χ4n) is 2.67. The maximum Gasteiger partial charge on any atom is 0.418 e. The van der Waals surface area contributed by atoms with E-state index < -0.39 is 17.6 Å². The summed E-state index contributed by atoms with van der Waals surface area (Å²) in [6, 6.07) is 12.2. The summed E-state index contributed by atoms with van der Waals surface area (Å²) >= 11 is 1.09. The second-order valence-electron chi connectivity index (χ2n) is 6.42. The topological polar surface area (TPSA) is 81.1 Å². The number of thioether (sulfide) groups is 1. The number of anilines is 2. The lowest BCUT2D eigenvalue weighted by Gasteiger charge is -2.13. The lowest BCUT2D eigenvalue weighted by molar-refractivity contribution is -0.137. The van der Waals surface area contributed by atoms with Crippen LogP contribution in [-0.2, 0) is 24.6 Å². The number of methoxy groups -OCH3 is 1. The van der Waals surface area contributed by atoms with Crippen LogP contribution in [0, 0.1) is 0 Å². The molecule has 1 amide bonds. The molecule has 0 aliphatic heterocycles. The van der Waals surface area contributed by atoms with Crippen molar-refractivity contribution in [1.82, 2.24) is 14.8 Å². The summed E-state index contributed by atoms with van der Waals surface area (Å²) in [5.41, 5.74) is -0.289. The highest BCUT2D eigenvalue weighted by Crippen LogP contribution is 2.34. The van der Waals surface area contributed by atoms with Crippen LogP contribution in [0.15, 0.2) is 53.7 Å². The molecule has 1 aromatic heterocycles. The van der Waals surface area contributed by atoms with Gasteiger partial charge in [0.05, 0.1) is 30.7 Å². The van der Waals surface area contributed by atoms with Crippen LogP contribution in [0.5, 0.6) is 5.75 Å². The Bertz CT molecular complexity index is 1040. The summed E-state index contributed by atoms with van der Waals surface area (Å²) in [6.07, 6.45) is -4.55. The lowest BCUT2D eigenvalue weighted by Crippen LogP contribution is -2.18. The predicted molar refractivity (Wildman–Crippen MR) is 112 cm³/mol. The third-order valence-corrected chi connectivity index (χ3v) is 5.32. The number of amides is 1. The highest BCUT2D eigenvalue weighted by atomic mass is 32.2. The van der Waals surface area contributed by atoms with Gasteiger partial charge >= 0.3 is 6.18 Å². The van der Waals surface area contributed by atoms with Crippen molar-refractivity contribution in [3.8, 4) is 5.75 Å². The number of benzene rings is 2. The Hall–Kier alpha value is -3.21. The quantitative estimate of drug-likeness (QED) is 0.500. The Morgan fingerprint density at radius 2 is 1.84 bits per heavy atom. The van der Waals surface area contributed by atoms with Crippen LogP contribution in [0.4, 0.5) is 24.5 Å². The number of halogens is 3. The van der Waals surface area contributed by atoms with E-state index in [1.165, 1.54) is 18.2 Å². The van der Waals surface area contributed by atoms with Gasteiger partial charge in [0.25, 0.3) is 0 Å². The van der Waals surface area contributed by atoms with Crippen LogP contribution >= 0.6 is 11.8 Å². The van der Waals surface area contributed by atoms with Gasteiger partial charge in [0, 0.05) is 12.7 Å². The Kier molecular flexibility index (Phi) is 7.06. The molecule has 0 unspecified atom stereocenters. The first-order valence-corrected chi connectivity index (χ1v) is 10.1. The summed E-state index contributed by atoms with van der Waals surface area (Å²) in [6.45, 7) is 0.404. The van der Waals surface area contributed by atoms with Crippen molar-refractivity contribution < 1.29 is 22.7 Å². The molecular formula is C20H20F3N5O2S. The zero-order chi connectivity index (χ0) is 22.4. The van der Waals surface area contributed by atoms with Gasteiger partial charge in [-0.2, -0.15) is 13.2 Å². The Morgan fingerprint density at radius 3 is 2.52 bits per heavy atom. The number of hydrogen-bond donors (Lipinski definition) is 2. The first kappa shape index (κ1) is 22.5. The van der Waals surface area contributed by atoms with Crippen molar-refractivity contribution in [2.75, 3.05) is 23.5 Å². The van der Waals surface area contributed by atoms with Gasteiger partial charge < -0.3 is 19.9 Å². The molecule has 0 saturated carbocycles. The highest BCUT2D eigenvalue weighted by molar-refractivity contribution is 7.99. The van der Waals surface area contributed by atoms with Crippen molar-refractivity contribution in [3.63, 3.8) is 0 Å². The molecule has 2 aromatic carbocycles. The maximum atomic E-state index is 13.0. The smallest absolute Gasteiger partial charge is 0.418 e. The molecule has 2 N–H and O–H groups in total. The second-order valence-corrected chi connectivity index (χ2v) is 7.36. The first-order valence-electron chi connectivity index (χ1n) is 9.13. The van der Waals surface area contributed by atoms with Crippen molar-refractivity contribution in [1.29, 1.82) is 0 Å². The molecule has 3 rings (SSSR count). The molecule has 31 heavy (non-hydrogen) atoms. The van der Waals surface area contributed by atoms with Gasteiger partial charge in [0.1, 0.15) is 5.75 Å². The summed E-state index contributed by atoms with van der Waals surface area (Å²) in [5.74, 6) is 0.715. The summed E-state index contributed by atoms with van der Waals surface area (Å²) in [7, 11) is 3.35. The Labute approximate surface area is 181 Å². The number of nitrogens with one attached hydrogen (secondary N) is 2. The molecule has 3 aromatic rings. The minimum atomic E-state index is -4.55. The number of ether oxygens (including phenoxy) is 1. The first-order chi connectivity index (χ1) is 14.8. The number of para-hydroxylation sites is 1.